The smallest absolute Gasteiger partial charge is 0.306 e. The van der Waals surface area contributed by atoms with Crippen molar-refractivity contribution in [3.05, 3.63) is 30.2 Å². The van der Waals surface area contributed by atoms with E-state index < -0.39 is 12.1 Å². The van der Waals surface area contributed by atoms with Gasteiger partial charge in [0.15, 0.2) is 0 Å². The maximum Gasteiger partial charge on any atom is 0.306 e. The van der Waals surface area contributed by atoms with Gasteiger partial charge in [-0.3, -0.25) is 9.59 Å². The van der Waals surface area contributed by atoms with Crippen molar-refractivity contribution in [2.75, 3.05) is 26.3 Å². The van der Waals surface area contributed by atoms with Crippen LogP contribution >= 0.6 is 0 Å². The molecule has 150 valence electrons. The van der Waals surface area contributed by atoms with Gasteiger partial charge in [-0.25, -0.2) is 0 Å². The van der Waals surface area contributed by atoms with Gasteiger partial charge in [0.05, 0.1) is 25.7 Å². The molecule has 0 saturated carbocycles. The molecule has 1 aliphatic rings. The average molecular weight is 389 g/mol. The maximum atomic E-state index is 12.4. The first kappa shape index (κ1) is 19.8. The molecule has 28 heavy (non-hydrogen) atoms. The maximum absolute atomic E-state index is 12.4. The number of carbonyl (C=O) groups excluding carboxylic acids is 1. The van der Waals surface area contributed by atoms with Crippen molar-refractivity contribution in [2.45, 2.75) is 32.3 Å². The zero-order valence-electron chi connectivity index (χ0n) is 15.7. The van der Waals surface area contributed by atoms with Gasteiger partial charge in [-0.15, -0.1) is 0 Å². The molecule has 0 radical (unpaired) electrons. The van der Waals surface area contributed by atoms with E-state index in [0.717, 1.165) is 11.3 Å². The van der Waals surface area contributed by atoms with Crippen LogP contribution in [0.1, 0.15) is 25.7 Å². The first-order valence-corrected chi connectivity index (χ1v) is 9.22. The summed E-state index contributed by atoms with van der Waals surface area (Å²) in [7, 11) is 0. The highest BCUT2D eigenvalue weighted by molar-refractivity contribution is 5.76. The van der Waals surface area contributed by atoms with Gasteiger partial charge in [0.1, 0.15) is 5.75 Å². The van der Waals surface area contributed by atoms with Crippen molar-refractivity contribution in [3.63, 3.8) is 0 Å². The van der Waals surface area contributed by atoms with Crippen LogP contribution < -0.4 is 4.74 Å². The monoisotopic (exact) mass is 389 g/mol. The standard InChI is InChI=1S/C19H23N3O6/c1-2-26-14-5-3-13(4-6-14)19-20-16(28-21-19)7-8-17(23)22-9-10-27-15(12-22)11-18(24)25/h3-6,15H,2,7-12H2,1H3,(H,24,25)/t15-/m1/s1. The number of carboxylic acid groups (broad SMARTS) is 1. The van der Waals surface area contributed by atoms with Gasteiger partial charge < -0.3 is 24.0 Å². The molecule has 3 rings (SSSR count). The number of amides is 1. The lowest BCUT2D eigenvalue weighted by atomic mass is 10.2. The van der Waals surface area contributed by atoms with Gasteiger partial charge in [-0.05, 0) is 31.2 Å². The number of carbonyl (C=O) groups is 2. The molecule has 1 amide bonds. The lowest BCUT2D eigenvalue weighted by Gasteiger charge is -2.32. The van der Waals surface area contributed by atoms with Crippen LogP contribution in [0.25, 0.3) is 11.4 Å². The predicted octanol–water partition coefficient (Wildman–Crippen LogP) is 1.77. The van der Waals surface area contributed by atoms with Crippen LogP contribution in [0.2, 0.25) is 0 Å². The number of hydrogen-bond acceptors (Lipinski definition) is 7. The second kappa shape index (κ2) is 9.32. The van der Waals surface area contributed by atoms with Crippen molar-refractivity contribution in [1.29, 1.82) is 0 Å². The Kier molecular flexibility index (Phi) is 6.59. The lowest BCUT2D eigenvalue weighted by Crippen LogP contribution is -2.46. The Bertz CT molecular complexity index is 804. The van der Waals surface area contributed by atoms with Crippen LogP contribution in [0, 0.1) is 0 Å². The van der Waals surface area contributed by atoms with Crippen molar-refractivity contribution >= 4 is 11.9 Å². The summed E-state index contributed by atoms with van der Waals surface area (Å²) in [6.45, 7) is 3.60. The summed E-state index contributed by atoms with van der Waals surface area (Å²) in [5.74, 6) is 0.588. The number of morpholine rings is 1. The van der Waals surface area contributed by atoms with Gasteiger partial charge in [-0.2, -0.15) is 4.98 Å². The van der Waals surface area contributed by atoms with E-state index in [9.17, 15) is 9.59 Å². The number of nitrogens with zero attached hydrogens (tertiary/aromatic N) is 3. The van der Waals surface area contributed by atoms with E-state index in [0.29, 0.717) is 37.9 Å². The second-order valence-corrected chi connectivity index (χ2v) is 6.40. The van der Waals surface area contributed by atoms with Gasteiger partial charge in [0.25, 0.3) is 0 Å². The van der Waals surface area contributed by atoms with Crippen molar-refractivity contribution < 1.29 is 28.7 Å². The topological polar surface area (TPSA) is 115 Å². The molecule has 9 nitrogen and oxygen atoms in total. The van der Waals surface area contributed by atoms with Crippen molar-refractivity contribution in [3.8, 4) is 17.1 Å². The van der Waals surface area contributed by atoms with Gasteiger partial charge in [0.2, 0.25) is 17.6 Å². The Labute approximate surface area is 162 Å². The third kappa shape index (κ3) is 5.29. The SMILES string of the molecule is CCOc1ccc(-c2noc(CCC(=O)N3CCO[C@H](CC(=O)O)C3)n2)cc1. The Balaban J connectivity index is 1.52. The Hall–Kier alpha value is -2.94. The molecular formula is C19H23N3O6. The number of hydrogen-bond donors (Lipinski definition) is 1. The van der Waals surface area contributed by atoms with E-state index >= 15 is 0 Å². The number of rotatable bonds is 8. The summed E-state index contributed by atoms with van der Waals surface area (Å²) >= 11 is 0. The van der Waals surface area contributed by atoms with E-state index in [1.165, 1.54) is 0 Å². The number of benzene rings is 1. The molecule has 1 saturated heterocycles. The summed E-state index contributed by atoms with van der Waals surface area (Å²) in [6.07, 6.45) is -0.0437. The van der Waals surface area contributed by atoms with Gasteiger partial charge in [-0.1, -0.05) is 5.16 Å². The van der Waals surface area contributed by atoms with Crippen molar-refractivity contribution in [2.24, 2.45) is 0 Å². The van der Waals surface area contributed by atoms with Crippen molar-refractivity contribution in [1.82, 2.24) is 15.0 Å². The predicted molar refractivity (Wildman–Crippen MR) is 97.8 cm³/mol. The molecule has 0 bridgehead atoms. The number of ether oxygens (including phenoxy) is 2. The van der Waals surface area contributed by atoms with Crippen LogP contribution in [0.4, 0.5) is 0 Å². The van der Waals surface area contributed by atoms with E-state index in [-0.39, 0.29) is 25.3 Å². The van der Waals surface area contributed by atoms with Crippen LogP contribution in [0.3, 0.4) is 0 Å². The third-order valence-corrected chi connectivity index (χ3v) is 4.34. The fraction of sp³-hybridized carbons (Fsp3) is 0.474. The van der Waals surface area contributed by atoms with Gasteiger partial charge >= 0.3 is 5.97 Å². The Morgan fingerprint density at radius 2 is 2.11 bits per heavy atom. The summed E-state index contributed by atoms with van der Waals surface area (Å²) in [6, 6.07) is 7.37. The largest absolute Gasteiger partial charge is 0.494 e. The molecule has 1 atom stereocenters. The average Bonchev–Trinajstić information content (AvgIpc) is 3.16. The number of carboxylic acids is 1. The first-order valence-electron chi connectivity index (χ1n) is 9.22. The van der Waals surface area contributed by atoms with Crippen LogP contribution in [-0.2, 0) is 20.7 Å². The molecule has 1 aromatic carbocycles. The molecule has 2 aromatic rings. The number of aromatic nitrogens is 2. The molecule has 0 spiro atoms. The molecule has 2 heterocycles. The second-order valence-electron chi connectivity index (χ2n) is 6.40. The fourth-order valence-corrected chi connectivity index (χ4v) is 2.98. The molecule has 1 N–H and O–H groups in total. The molecule has 9 heteroatoms. The first-order chi connectivity index (χ1) is 13.5. The molecular weight excluding hydrogens is 366 g/mol. The summed E-state index contributed by atoms with van der Waals surface area (Å²) in [5, 5.41) is 12.8. The summed E-state index contributed by atoms with van der Waals surface area (Å²) in [5.41, 5.74) is 0.800. The Morgan fingerprint density at radius 1 is 1.32 bits per heavy atom. The quantitative estimate of drug-likeness (QED) is 0.726. The summed E-state index contributed by atoms with van der Waals surface area (Å²) in [4.78, 5) is 29.2. The highest BCUT2D eigenvalue weighted by Crippen LogP contribution is 2.20. The fourth-order valence-electron chi connectivity index (χ4n) is 2.98. The normalized spacial score (nSPS) is 16.8. The zero-order valence-corrected chi connectivity index (χ0v) is 15.7. The van der Waals surface area contributed by atoms with E-state index in [1.807, 2.05) is 31.2 Å². The van der Waals surface area contributed by atoms with Gasteiger partial charge in [0, 0.05) is 31.5 Å². The lowest BCUT2D eigenvalue weighted by molar-refractivity contribution is -0.147. The van der Waals surface area contributed by atoms with E-state index in [1.54, 1.807) is 4.90 Å². The number of aryl methyl sites for hydroxylation is 1. The number of aliphatic carboxylic acids is 1. The minimum absolute atomic E-state index is 0.0838. The van der Waals surface area contributed by atoms with Crippen LogP contribution in [-0.4, -0.2) is 64.4 Å². The summed E-state index contributed by atoms with van der Waals surface area (Å²) < 4.78 is 16.0. The molecule has 1 aromatic heterocycles. The van der Waals surface area contributed by atoms with E-state index in [4.69, 9.17) is 19.1 Å². The third-order valence-electron chi connectivity index (χ3n) is 4.34. The van der Waals surface area contributed by atoms with Crippen LogP contribution in [0.15, 0.2) is 28.8 Å². The zero-order chi connectivity index (χ0) is 19.9. The molecule has 0 aliphatic carbocycles. The highest BCUT2D eigenvalue weighted by atomic mass is 16.5. The minimum atomic E-state index is -0.938. The van der Waals surface area contributed by atoms with Crippen LogP contribution in [0.5, 0.6) is 5.75 Å². The molecule has 1 fully saturated rings. The molecule has 0 unspecified atom stereocenters. The molecule has 1 aliphatic heterocycles. The highest BCUT2D eigenvalue weighted by Gasteiger charge is 2.26. The Morgan fingerprint density at radius 3 is 2.82 bits per heavy atom. The minimum Gasteiger partial charge on any atom is -0.494 e. The van der Waals surface area contributed by atoms with E-state index in [2.05, 4.69) is 10.1 Å².